The smallest absolute Gasteiger partial charge is 0.317 e. The molecule has 2 aromatic rings. The van der Waals surface area contributed by atoms with Gasteiger partial charge in [-0.3, -0.25) is 0 Å². The Labute approximate surface area is 136 Å². The first-order valence-corrected chi connectivity index (χ1v) is 7.74. The molecular weight excluding hydrogens is 292 g/mol. The first-order chi connectivity index (χ1) is 11.0. The number of carbonyl (C=O) groups excluding carboxylic acids is 1. The van der Waals surface area contributed by atoms with Crippen LogP contribution in [0.1, 0.15) is 18.3 Å². The minimum atomic E-state index is -0.186. The molecule has 0 fully saturated rings. The van der Waals surface area contributed by atoms with Crippen molar-refractivity contribution in [3.05, 3.63) is 47.8 Å². The number of aromatic nitrogens is 2. The number of rotatable bonds is 6. The molecule has 1 heterocycles. The van der Waals surface area contributed by atoms with Crippen LogP contribution >= 0.6 is 0 Å². The van der Waals surface area contributed by atoms with Crippen LogP contribution in [0, 0.1) is 6.92 Å². The summed E-state index contributed by atoms with van der Waals surface area (Å²) < 4.78 is 1.91. The van der Waals surface area contributed by atoms with E-state index in [9.17, 15) is 4.79 Å². The molecule has 0 aliphatic heterocycles. The van der Waals surface area contributed by atoms with E-state index in [1.165, 1.54) is 4.90 Å². The number of aliphatic hydroxyl groups is 1. The van der Waals surface area contributed by atoms with E-state index in [1.54, 1.807) is 7.05 Å². The average molecular weight is 316 g/mol. The maximum Gasteiger partial charge on any atom is 0.317 e. The zero-order valence-corrected chi connectivity index (χ0v) is 13.9. The highest BCUT2D eigenvalue weighted by atomic mass is 16.3. The Morgan fingerprint density at radius 3 is 2.74 bits per heavy atom. The molecule has 6 nitrogen and oxygen atoms in total. The van der Waals surface area contributed by atoms with Gasteiger partial charge in [0.2, 0.25) is 0 Å². The number of nitrogens with one attached hydrogen (secondary N) is 1. The molecule has 0 saturated carbocycles. The van der Waals surface area contributed by atoms with E-state index in [2.05, 4.69) is 10.4 Å². The number of aryl methyl sites for hydroxylation is 1. The summed E-state index contributed by atoms with van der Waals surface area (Å²) in [6.07, 6.45) is 0.675. The predicted octanol–water partition coefficient (Wildman–Crippen LogP) is 1.75. The summed E-state index contributed by atoms with van der Waals surface area (Å²) in [7, 11) is 1.66. The van der Waals surface area contributed by atoms with E-state index in [-0.39, 0.29) is 18.7 Å². The Balaban J connectivity index is 2.07. The minimum Gasteiger partial charge on any atom is -0.395 e. The van der Waals surface area contributed by atoms with E-state index < -0.39 is 0 Å². The largest absolute Gasteiger partial charge is 0.395 e. The molecule has 6 heteroatoms. The van der Waals surface area contributed by atoms with Gasteiger partial charge >= 0.3 is 6.03 Å². The summed E-state index contributed by atoms with van der Waals surface area (Å²) in [4.78, 5) is 13.4. The first kappa shape index (κ1) is 17.0. The Morgan fingerprint density at radius 1 is 1.39 bits per heavy atom. The lowest BCUT2D eigenvalue weighted by atomic mass is 10.1. The maximum atomic E-state index is 12.0. The molecule has 23 heavy (non-hydrogen) atoms. The number of likely N-dealkylation sites (N-methyl/N-ethyl adjacent to an activating group) is 1. The summed E-state index contributed by atoms with van der Waals surface area (Å²) in [5, 5.41) is 16.4. The predicted molar refractivity (Wildman–Crippen MR) is 89.7 cm³/mol. The summed E-state index contributed by atoms with van der Waals surface area (Å²) in [5.74, 6) is 0. The van der Waals surface area contributed by atoms with Crippen molar-refractivity contribution in [1.29, 1.82) is 0 Å². The van der Waals surface area contributed by atoms with Crippen molar-refractivity contribution in [1.82, 2.24) is 20.0 Å². The lowest BCUT2D eigenvalue weighted by Crippen LogP contribution is -2.43. The van der Waals surface area contributed by atoms with Crippen LogP contribution in [0.15, 0.2) is 36.4 Å². The number of amides is 2. The van der Waals surface area contributed by atoms with Gasteiger partial charge in [-0.25, -0.2) is 9.48 Å². The van der Waals surface area contributed by atoms with Gasteiger partial charge in [0, 0.05) is 31.7 Å². The molecule has 0 spiro atoms. The molecule has 0 radical (unpaired) electrons. The number of para-hydroxylation sites is 1. The molecule has 1 atom stereocenters. The van der Waals surface area contributed by atoms with Gasteiger partial charge in [-0.1, -0.05) is 18.2 Å². The second kappa shape index (κ2) is 7.78. The molecule has 0 aliphatic rings. The Hall–Kier alpha value is -2.34. The summed E-state index contributed by atoms with van der Waals surface area (Å²) in [6, 6.07) is 11.8. The molecule has 0 aliphatic carbocycles. The quantitative estimate of drug-likeness (QED) is 0.853. The van der Waals surface area contributed by atoms with Gasteiger partial charge in [0.15, 0.2) is 0 Å². The molecule has 2 amide bonds. The number of benzene rings is 1. The molecule has 1 aromatic heterocycles. The van der Waals surface area contributed by atoms with Crippen LogP contribution < -0.4 is 5.32 Å². The van der Waals surface area contributed by atoms with E-state index in [0.717, 1.165) is 17.1 Å². The number of urea groups is 1. The van der Waals surface area contributed by atoms with Crippen molar-refractivity contribution in [2.45, 2.75) is 26.3 Å². The van der Waals surface area contributed by atoms with E-state index in [1.807, 2.05) is 54.9 Å². The first-order valence-electron chi connectivity index (χ1n) is 7.74. The summed E-state index contributed by atoms with van der Waals surface area (Å²) >= 11 is 0. The highest BCUT2D eigenvalue weighted by Crippen LogP contribution is 2.14. The molecular formula is C17H24N4O2. The van der Waals surface area contributed by atoms with Crippen molar-refractivity contribution in [3.63, 3.8) is 0 Å². The molecule has 2 N–H and O–H groups in total. The number of aliphatic hydroxyl groups excluding tert-OH is 1. The van der Waals surface area contributed by atoms with Crippen molar-refractivity contribution in [2.24, 2.45) is 0 Å². The monoisotopic (exact) mass is 316 g/mol. The fourth-order valence-electron chi connectivity index (χ4n) is 2.43. The molecule has 1 unspecified atom stereocenters. The normalized spacial score (nSPS) is 12.0. The van der Waals surface area contributed by atoms with Crippen LogP contribution in [-0.2, 0) is 6.42 Å². The Morgan fingerprint density at radius 2 is 2.09 bits per heavy atom. The van der Waals surface area contributed by atoms with Gasteiger partial charge < -0.3 is 15.3 Å². The Bertz CT molecular complexity index is 639. The fraction of sp³-hybridized carbons (Fsp3) is 0.412. The second-order valence-corrected chi connectivity index (χ2v) is 5.72. The van der Waals surface area contributed by atoms with Gasteiger partial charge in [-0.05, 0) is 32.0 Å². The van der Waals surface area contributed by atoms with Crippen LogP contribution in [0.25, 0.3) is 5.69 Å². The van der Waals surface area contributed by atoms with Crippen LogP contribution in [0.3, 0.4) is 0 Å². The third-order valence-corrected chi connectivity index (χ3v) is 3.57. The lowest BCUT2D eigenvalue weighted by Gasteiger charge is -2.20. The Kier molecular flexibility index (Phi) is 5.76. The van der Waals surface area contributed by atoms with Gasteiger partial charge in [-0.15, -0.1) is 0 Å². The van der Waals surface area contributed by atoms with Crippen molar-refractivity contribution < 1.29 is 9.90 Å². The molecule has 124 valence electrons. The van der Waals surface area contributed by atoms with Gasteiger partial charge in [-0.2, -0.15) is 5.10 Å². The zero-order valence-electron chi connectivity index (χ0n) is 13.9. The van der Waals surface area contributed by atoms with Crippen molar-refractivity contribution in [2.75, 3.05) is 20.2 Å². The van der Waals surface area contributed by atoms with E-state index in [4.69, 9.17) is 5.11 Å². The maximum absolute atomic E-state index is 12.0. The van der Waals surface area contributed by atoms with Crippen molar-refractivity contribution >= 4 is 6.03 Å². The van der Waals surface area contributed by atoms with E-state index >= 15 is 0 Å². The SMILES string of the molecule is Cc1cc(CC(C)NC(=O)N(C)CCO)n(-c2ccccc2)n1. The number of hydrogen-bond acceptors (Lipinski definition) is 3. The third kappa shape index (κ3) is 4.56. The van der Waals surface area contributed by atoms with Gasteiger partial charge in [0.25, 0.3) is 0 Å². The molecule has 0 bridgehead atoms. The number of hydrogen-bond donors (Lipinski definition) is 2. The highest BCUT2D eigenvalue weighted by molar-refractivity contribution is 5.74. The van der Waals surface area contributed by atoms with Gasteiger partial charge in [0.05, 0.1) is 18.0 Å². The molecule has 2 rings (SSSR count). The lowest BCUT2D eigenvalue weighted by molar-refractivity contribution is 0.187. The summed E-state index contributed by atoms with van der Waals surface area (Å²) in [6.45, 7) is 4.20. The second-order valence-electron chi connectivity index (χ2n) is 5.72. The third-order valence-electron chi connectivity index (χ3n) is 3.57. The van der Waals surface area contributed by atoms with Crippen LogP contribution in [-0.4, -0.2) is 52.1 Å². The van der Waals surface area contributed by atoms with Crippen LogP contribution in [0.4, 0.5) is 4.79 Å². The minimum absolute atomic E-state index is 0.0396. The van der Waals surface area contributed by atoms with Gasteiger partial charge in [0.1, 0.15) is 0 Å². The van der Waals surface area contributed by atoms with Crippen molar-refractivity contribution in [3.8, 4) is 5.69 Å². The fourth-order valence-corrected chi connectivity index (χ4v) is 2.43. The number of nitrogens with zero attached hydrogens (tertiary/aromatic N) is 3. The molecule has 1 aromatic carbocycles. The van der Waals surface area contributed by atoms with E-state index in [0.29, 0.717) is 13.0 Å². The topological polar surface area (TPSA) is 70.4 Å². The standard InChI is InChI=1S/C17H24N4O2/c1-13(18-17(23)20(3)9-10-22)11-16-12-14(2)19-21(16)15-7-5-4-6-8-15/h4-8,12-13,22H,9-11H2,1-3H3,(H,18,23). The van der Waals surface area contributed by atoms with Crippen LogP contribution in [0.2, 0.25) is 0 Å². The highest BCUT2D eigenvalue weighted by Gasteiger charge is 2.15. The van der Waals surface area contributed by atoms with Crippen LogP contribution in [0.5, 0.6) is 0 Å². The summed E-state index contributed by atoms with van der Waals surface area (Å²) in [5.41, 5.74) is 3.00. The zero-order chi connectivity index (χ0) is 16.8. The number of carbonyl (C=O) groups is 1. The average Bonchev–Trinajstić information content (AvgIpc) is 2.88. The molecule has 0 saturated heterocycles.